The summed E-state index contributed by atoms with van der Waals surface area (Å²) >= 11 is 0. The van der Waals surface area contributed by atoms with E-state index in [1.807, 2.05) is 18.2 Å². The van der Waals surface area contributed by atoms with Crippen LogP contribution in [-0.2, 0) is 9.59 Å². The summed E-state index contributed by atoms with van der Waals surface area (Å²) < 4.78 is 0. The Labute approximate surface area is 165 Å². The molecule has 3 aliphatic heterocycles. The van der Waals surface area contributed by atoms with Crippen LogP contribution < -0.4 is 32.1 Å². The molecule has 6 N–H and O–H groups in total. The van der Waals surface area contributed by atoms with Gasteiger partial charge in [-0.3, -0.25) is 19.9 Å². The molecule has 28 heavy (non-hydrogen) atoms. The van der Waals surface area contributed by atoms with E-state index in [1.54, 1.807) is 0 Å². The van der Waals surface area contributed by atoms with Crippen molar-refractivity contribution >= 4 is 28.9 Å². The molecule has 1 spiro atoms. The number of nitrogens with two attached hydrogens (primary N) is 2. The van der Waals surface area contributed by atoms with Gasteiger partial charge < -0.3 is 16.0 Å². The predicted octanol–water partition coefficient (Wildman–Crippen LogP) is 0.724. The summed E-state index contributed by atoms with van der Waals surface area (Å²) in [7, 11) is 0. The highest BCUT2D eigenvalue weighted by molar-refractivity contribution is 6.02. The Morgan fingerprint density at radius 2 is 1.82 bits per heavy atom. The summed E-state index contributed by atoms with van der Waals surface area (Å²) in [6.07, 6.45) is 5.61. The SMILES string of the molecule is Nc1ccc(N2CCC3(CCNCC3)CC2)cc1N(N)C1CCC(=O)NC1=O. The monoisotopic (exact) mass is 386 g/mol. The van der Waals surface area contributed by atoms with Gasteiger partial charge in [0.15, 0.2) is 0 Å². The first kappa shape index (κ1) is 19.0. The second-order valence-electron chi connectivity index (χ2n) is 8.35. The van der Waals surface area contributed by atoms with Crippen molar-refractivity contribution in [2.45, 2.75) is 44.6 Å². The van der Waals surface area contributed by atoms with E-state index >= 15 is 0 Å². The van der Waals surface area contributed by atoms with Gasteiger partial charge in [0.25, 0.3) is 5.91 Å². The summed E-state index contributed by atoms with van der Waals surface area (Å²) in [6.45, 7) is 4.29. The maximum atomic E-state index is 12.2. The van der Waals surface area contributed by atoms with Crippen molar-refractivity contribution in [3.8, 4) is 0 Å². The van der Waals surface area contributed by atoms with Crippen molar-refractivity contribution in [1.82, 2.24) is 10.6 Å². The zero-order chi connectivity index (χ0) is 19.7. The van der Waals surface area contributed by atoms with Gasteiger partial charge in [0.05, 0.1) is 11.4 Å². The number of benzene rings is 1. The molecule has 1 unspecified atom stereocenters. The highest BCUT2D eigenvalue weighted by Crippen LogP contribution is 2.41. The standard InChI is InChI=1S/C20H30N6O2/c21-15-2-1-14(25-11-7-20(8-12-25)5-9-23-10-6-20)13-17(15)26(22)16-3-4-18(27)24-19(16)28/h1-2,13,16,23H,3-12,21-22H2,(H,24,27,28). The van der Waals surface area contributed by atoms with Gasteiger partial charge in [-0.1, -0.05) is 0 Å². The number of nitrogens with zero attached hydrogens (tertiary/aromatic N) is 2. The number of hydrogen-bond acceptors (Lipinski definition) is 7. The summed E-state index contributed by atoms with van der Waals surface area (Å²) in [5.41, 5.74) is 8.90. The molecule has 2 amide bonds. The molecule has 1 atom stereocenters. The van der Waals surface area contributed by atoms with Crippen LogP contribution in [0.2, 0.25) is 0 Å². The minimum Gasteiger partial charge on any atom is -0.397 e. The van der Waals surface area contributed by atoms with Gasteiger partial charge in [0, 0.05) is 25.2 Å². The van der Waals surface area contributed by atoms with E-state index in [2.05, 4.69) is 15.5 Å². The van der Waals surface area contributed by atoms with Crippen LogP contribution in [-0.4, -0.2) is 44.0 Å². The van der Waals surface area contributed by atoms with E-state index in [0.29, 0.717) is 23.2 Å². The predicted molar refractivity (Wildman–Crippen MR) is 110 cm³/mol. The van der Waals surface area contributed by atoms with Gasteiger partial charge in [-0.05, 0) is 68.8 Å². The number of carbonyl (C=O) groups excluding carboxylic acids is 2. The number of hydrogen-bond donors (Lipinski definition) is 4. The zero-order valence-electron chi connectivity index (χ0n) is 16.2. The summed E-state index contributed by atoms with van der Waals surface area (Å²) in [5.74, 6) is 5.65. The molecule has 0 aliphatic carbocycles. The van der Waals surface area contributed by atoms with Gasteiger partial charge in [-0.15, -0.1) is 0 Å². The van der Waals surface area contributed by atoms with Gasteiger partial charge >= 0.3 is 0 Å². The fourth-order valence-corrected chi connectivity index (χ4v) is 4.76. The second-order valence-corrected chi connectivity index (χ2v) is 8.35. The number of nitrogens with one attached hydrogen (secondary N) is 2. The fraction of sp³-hybridized carbons (Fsp3) is 0.600. The molecule has 1 aromatic rings. The van der Waals surface area contributed by atoms with Crippen LogP contribution >= 0.6 is 0 Å². The van der Waals surface area contributed by atoms with Crippen molar-refractivity contribution in [1.29, 1.82) is 0 Å². The largest absolute Gasteiger partial charge is 0.397 e. The normalized spacial score (nSPS) is 24.9. The van der Waals surface area contributed by atoms with Crippen LogP contribution in [0.5, 0.6) is 0 Å². The lowest BCUT2D eigenvalue weighted by Gasteiger charge is -2.45. The average Bonchev–Trinajstić information content (AvgIpc) is 2.69. The molecule has 0 bridgehead atoms. The van der Waals surface area contributed by atoms with E-state index in [4.69, 9.17) is 11.6 Å². The Hall–Kier alpha value is -2.32. The third-order valence-electron chi connectivity index (χ3n) is 6.69. The molecule has 3 aliphatic rings. The number of hydrazine groups is 1. The third-order valence-corrected chi connectivity index (χ3v) is 6.69. The molecule has 0 radical (unpaired) electrons. The van der Waals surface area contributed by atoms with Gasteiger partial charge in [0.2, 0.25) is 5.91 Å². The zero-order valence-corrected chi connectivity index (χ0v) is 16.2. The number of rotatable bonds is 3. The summed E-state index contributed by atoms with van der Waals surface area (Å²) in [6, 6.07) is 5.26. The number of nitrogen functional groups attached to an aromatic ring is 1. The maximum absolute atomic E-state index is 12.2. The molecule has 152 valence electrons. The molecule has 3 fully saturated rings. The van der Waals surface area contributed by atoms with E-state index in [9.17, 15) is 9.59 Å². The van der Waals surface area contributed by atoms with Crippen LogP contribution in [0.3, 0.4) is 0 Å². The highest BCUT2D eigenvalue weighted by atomic mass is 16.2. The minimum absolute atomic E-state index is 0.253. The van der Waals surface area contributed by atoms with Crippen LogP contribution in [0, 0.1) is 5.41 Å². The topological polar surface area (TPSA) is 117 Å². The summed E-state index contributed by atoms with van der Waals surface area (Å²) in [4.78, 5) is 26.0. The van der Waals surface area contributed by atoms with Crippen molar-refractivity contribution in [2.75, 3.05) is 41.8 Å². The van der Waals surface area contributed by atoms with E-state index in [-0.39, 0.29) is 18.2 Å². The first-order valence-corrected chi connectivity index (χ1v) is 10.2. The first-order valence-electron chi connectivity index (χ1n) is 10.2. The van der Waals surface area contributed by atoms with Crippen LogP contribution in [0.15, 0.2) is 18.2 Å². The molecule has 0 saturated carbocycles. The first-order chi connectivity index (χ1) is 13.5. The van der Waals surface area contributed by atoms with Crippen molar-refractivity contribution in [3.63, 3.8) is 0 Å². The highest BCUT2D eigenvalue weighted by Gasteiger charge is 2.36. The Morgan fingerprint density at radius 1 is 1.11 bits per heavy atom. The fourth-order valence-electron chi connectivity index (χ4n) is 4.76. The van der Waals surface area contributed by atoms with Gasteiger partial charge in [-0.2, -0.15) is 0 Å². The molecule has 3 saturated heterocycles. The van der Waals surface area contributed by atoms with E-state index in [1.165, 1.54) is 30.7 Å². The number of anilines is 3. The van der Waals surface area contributed by atoms with E-state index < -0.39 is 6.04 Å². The Bertz CT molecular complexity index is 751. The maximum Gasteiger partial charge on any atom is 0.250 e. The lowest BCUT2D eigenvalue weighted by molar-refractivity contribution is -0.134. The molecule has 3 heterocycles. The lowest BCUT2D eigenvalue weighted by atomic mass is 9.71. The van der Waals surface area contributed by atoms with Crippen LogP contribution in [0.4, 0.5) is 17.1 Å². The van der Waals surface area contributed by atoms with Crippen LogP contribution in [0.25, 0.3) is 0 Å². The molecule has 8 nitrogen and oxygen atoms in total. The molecule has 4 rings (SSSR count). The Balaban J connectivity index is 1.48. The lowest BCUT2D eigenvalue weighted by Crippen LogP contribution is -2.55. The molecular formula is C20H30N6O2. The van der Waals surface area contributed by atoms with Gasteiger partial charge in [-0.25, -0.2) is 5.84 Å². The second kappa shape index (κ2) is 7.60. The van der Waals surface area contributed by atoms with Crippen molar-refractivity contribution in [3.05, 3.63) is 18.2 Å². The molecule has 8 heteroatoms. The Morgan fingerprint density at radius 3 is 2.50 bits per heavy atom. The quantitative estimate of drug-likeness (QED) is 0.262. The van der Waals surface area contributed by atoms with Crippen LogP contribution in [0.1, 0.15) is 38.5 Å². The van der Waals surface area contributed by atoms with Crippen molar-refractivity contribution in [2.24, 2.45) is 11.3 Å². The van der Waals surface area contributed by atoms with E-state index in [0.717, 1.165) is 31.9 Å². The number of piperidine rings is 3. The number of carbonyl (C=O) groups is 2. The number of amides is 2. The summed E-state index contributed by atoms with van der Waals surface area (Å²) in [5, 5.41) is 7.23. The molecular weight excluding hydrogens is 356 g/mol. The minimum atomic E-state index is -0.588. The Kier molecular flexibility index (Phi) is 5.16. The van der Waals surface area contributed by atoms with Gasteiger partial charge in [0.1, 0.15) is 6.04 Å². The molecule has 0 aromatic heterocycles. The number of imide groups is 1. The average molecular weight is 387 g/mol. The van der Waals surface area contributed by atoms with Crippen molar-refractivity contribution < 1.29 is 9.59 Å². The third kappa shape index (κ3) is 3.66. The smallest absolute Gasteiger partial charge is 0.250 e. The molecule has 1 aromatic carbocycles.